The number of fused-ring (bicyclic) bond motifs is 1. The van der Waals surface area contributed by atoms with E-state index in [1.807, 2.05) is 30.5 Å². The van der Waals surface area contributed by atoms with Gasteiger partial charge in [0.15, 0.2) is 0 Å². The largest absolute Gasteiger partial charge is 0.490 e. The van der Waals surface area contributed by atoms with Crippen LogP contribution < -0.4 is 15.4 Å². The van der Waals surface area contributed by atoms with Crippen LogP contribution in [0.2, 0.25) is 0 Å². The molecule has 10 nitrogen and oxygen atoms in total. The summed E-state index contributed by atoms with van der Waals surface area (Å²) in [7, 11) is -2.14. The molecule has 0 amide bonds. The van der Waals surface area contributed by atoms with E-state index in [9.17, 15) is 21.6 Å². The van der Waals surface area contributed by atoms with Gasteiger partial charge < -0.3 is 20.7 Å². The van der Waals surface area contributed by atoms with Crippen LogP contribution >= 0.6 is 0 Å². The van der Waals surface area contributed by atoms with Crippen molar-refractivity contribution < 1.29 is 31.5 Å². The van der Waals surface area contributed by atoms with Gasteiger partial charge in [-0.25, -0.2) is 27.9 Å². The second kappa shape index (κ2) is 10.4. The zero-order chi connectivity index (χ0) is 25.6. The number of sulfonamides is 1. The first kappa shape index (κ1) is 25.5. The minimum absolute atomic E-state index is 0.173. The Morgan fingerprint density at radius 1 is 0.971 bits per heavy atom. The van der Waals surface area contributed by atoms with Crippen LogP contribution in [0.5, 0.6) is 0 Å². The molecule has 0 aliphatic rings. The lowest BCUT2D eigenvalue weighted by molar-refractivity contribution is -0.192. The Bertz CT molecular complexity index is 1440. The first-order valence-electron chi connectivity index (χ1n) is 9.75. The number of nitrogens with one attached hydrogen (secondary N) is 4. The predicted molar refractivity (Wildman–Crippen MR) is 123 cm³/mol. The molecule has 2 aromatic heterocycles. The van der Waals surface area contributed by atoms with Crippen LogP contribution in [0.1, 0.15) is 0 Å². The van der Waals surface area contributed by atoms with E-state index in [1.54, 1.807) is 24.3 Å². The molecule has 0 saturated heterocycles. The van der Waals surface area contributed by atoms with Crippen molar-refractivity contribution in [1.82, 2.24) is 19.7 Å². The van der Waals surface area contributed by atoms with E-state index in [-0.39, 0.29) is 4.90 Å². The number of halogens is 3. The van der Waals surface area contributed by atoms with Crippen molar-refractivity contribution in [3.63, 3.8) is 0 Å². The van der Waals surface area contributed by atoms with Crippen molar-refractivity contribution in [2.45, 2.75) is 11.1 Å². The topological polar surface area (TPSA) is 149 Å². The fraction of sp³-hybridized carbons (Fsp3) is 0.0952. The highest BCUT2D eigenvalue weighted by atomic mass is 32.2. The van der Waals surface area contributed by atoms with E-state index < -0.39 is 22.2 Å². The molecular weight excluding hydrogens is 489 g/mol. The van der Waals surface area contributed by atoms with Crippen LogP contribution in [0, 0.1) is 0 Å². The van der Waals surface area contributed by atoms with Gasteiger partial charge >= 0.3 is 12.1 Å². The number of hydrogen-bond acceptors (Lipinski definition) is 7. The van der Waals surface area contributed by atoms with Crippen molar-refractivity contribution in [2.75, 3.05) is 17.7 Å². The summed E-state index contributed by atoms with van der Waals surface area (Å²) in [5, 5.41) is 14.6. The third kappa shape index (κ3) is 6.91. The number of H-pyrrole nitrogens is 1. The molecule has 184 valence electrons. The normalized spacial score (nSPS) is 11.4. The van der Waals surface area contributed by atoms with Gasteiger partial charge in [0.1, 0.15) is 18.0 Å². The third-order valence-electron chi connectivity index (χ3n) is 4.42. The number of nitrogens with zero attached hydrogens (tertiary/aromatic N) is 2. The number of aliphatic carboxylic acids is 1. The highest BCUT2D eigenvalue weighted by molar-refractivity contribution is 7.89. The molecular formula is C21H19F3N6O4S. The Hall–Kier alpha value is -4.17. The van der Waals surface area contributed by atoms with E-state index in [0.29, 0.717) is 17.3 Å². The number of rotatable bonds is 6. The lowest BCUT2D eigenvalue weighted by atomic mass is 10.2. The highest BCUT2D eigenvalue weighted by Crippen LogP contribution is 2.23. The molecule has 0 aliphatic heterocycles. The van der Waals surface area contributed by atoms with Gasteiger partial charge in [-0.3, -0.25) is 0 Å². The number of anilines is 4. The van der Waals surface area contributed by atoms with Gasteiger partial charge in [-0.2, -0.15) is 13.2 Å². The van der Waals surface area contributed by atoms with Gasteiger partial charge in [-0.05, 0) is 49.5 Å². The van der Waals surface area contributed by atoms with Gasteiger partial charge in [0.25, 0.3) is 0 Å². The molecule has 0 saturated carbocycles. The maximum atomic E-state index is 12.0. The average molecular weight is 508 g/mol. The molecule has 0 radical (unpaired) electrons. The van der Waals surface area contributed by atoms with Crippen molar-refractivity contribution in [2.24, 2.45) is 0 Å². The Balaban J connectivity index is 0.000000429. The Morgan fingerprint density at radius 2 is 1.60 bits per heavy atom. The summed E-state index contributed by atoms with van der Waals surface area (Å²) in [6.45, 7) is 0. The number of benzene rings is 2. The van der Waals surface area contributed by atoms with E-state index in [1.165, 1.54) is 19.4 Å². The predicted octanol–water partition coefficient (Wildman–Crippen LogP) is 3.99. The summed E-state index contributed by atoms with van der Waals surface area (Å²) >= 11 is 0. The number of aromatic amines is 1. The van der Waals surface area contributed by atoms with E-state index in [2.05, 4.69) is 30.3 Å². The molecule has 2 aromatic carbocycles. The molecule has 0 atom stereocenters. The maximum absolute atomic E-state index is 12.0. The molecule has 14 heteroatoms. The zero-order valence-electron chi connectivity index (χ0n) is 18.0. The van der Waals surface area contributed by atoms with Crippen LogP contribution in [0.4, 0.5) is 36.2 Å². The fourth-order valence-electron chi connectivity index (χ4n) is 2.78. The number of carboxylic acid groups (broad SMARTS) is 1. The number of alkyl halides is 3. The van der Waals surface area contributed by atoms with Crippen molar-refractivity contribution in [3.8, 4) is 0 Å². The van der Waals surface area contributed by atoms with Crippen molar-refractivity contribution >= 4 is 49.9 Å². The zero-order valence-corrected chi connectivity index (χ0v) is 18.8. The van der Waals surface area contributed by atoms with Crippen LogP contribution in [-0.2, 0) is 14.8 Å². The summed E-state index contributed by atoms with van der Waals surface area (Å²) in [5.74, 6) is -1.60. The Labute approximate surface area is 197 Å². The Morgan fingerprint density at radius 3 is 2.20 bits per heavy atom. The van der Waals surface area contributed by atoms with Gasteiger partial charge in [0.2, 0.25) is 10.0 Å². The Kier molecular flexibility index (Phi) is 7.56. The van der Waals surface area contributed by atoms with Crippen molar-refractivity contribution in [1.29, 1.82) is 0 Å². The average Bonchev–Trinajstić information content (AvgIpc) is 3.27. The third-order valence-corrected chi connectivity index (χ3v) is 5.83. The van der Waals surface area contributed by atoms with Crippen LogP contribution in [0.25, 0.3) is 10.9 Å². The minimum Gasteiger partial charge on any atom is -0.475 e. The second-order valence-electron chi connectivity index (χ2n) is 6.86. The summed E-state index contributed by atoms with van der Waals surface area (Å²) in [5.41, 5.74) is 2.57. The van der Waals surface area contributed by atoms with E-state index >= 15 is 0 Å². The first-order chi connectivity index (χ1) is 16.5. The molecule has 0 unspecified atom stereocenters. The smallest absolute Gasteiger partial charge is 0.475 e. The van der Waals surface area contributed by atoms with Crippen molar-refractivity contribution in [3.05, 3.63) is 67.1 Å². The molecule has 0 bridgehead atoms. The summed E-state index contributed by atoms with van der Waals surface area (Å²) < 4.78 is 58.0. The van der Waals surface area contributed by atoms with Gasteiger partial charge in [-0.15, -0.1) is 0 Å². The SMILES string of the molecule is CNS(=O)(=O)c1cccc(Nc2cc(Nc3ccc4[nH]ccc4c3)ncn2)c1.O=C(O)C(F)(F)F. The number of aromatic nitrogens is 3. The molecule has 0 fully saturated rings. The molecule has 4 aromatic rings. The molecule has 5 N–H and O–H groups in total. The van der Waals surface area contributed by atoms with Crippen LogP contribution in [0.3, 0.4) is 0 Å². The highest BCUT2D eigenvalue weighted by Gasteiger charge is 2.38. The quantitative estimate of drug-likeness (QED) is 0.263. The number of carbonyl (C=O) groups is 1. The summed E-state index contributed by atoms with van der Waals surface area (Å²) in [4.78, 5) is 20.7. The summed E-state index contributed by atoms with van der Waals surface area (Å²) in [6.07, 6.45) is -1.75. The monoisotopic (exact) mass is 508 g/mol. The van der Waals surface area contributed by atoms with Crippen LogP contribution in [-0.4, -0.2) is 47.7 Å². The molecule has 4 rings (SSSR count). The van der Waals surface area contributed by atoms with Gasteiger partial charge in [0, 0.05) is 34.5 Å². The number of hydrogen-bond donors (Lipinski definition) is 5. The van der Waals surface area contributed by atoms with Gasteiger partial charge in [0.05, 0.1) is 4.90 Å². The fourth-order valence-corrected chi connectivity index (χ4v) is 3.56. The lowest BCUT2D eigenvalue weighted by Crippen LogP contribution is -2.21. The molecule has 0 aliphatic carbocycles. The standard InChI is InChI=1S/C19H18N6O2S.C2HF3O2/c1-20-28(26,27)16-4-2-3-14(10-16)24-18-11-19(23-12-22-18)25-15-5-6-17-13(9-15)7-8-21-17;3-2(4,5)1(6)7/h2-12,20-21H,1H3,(H2,22,23,24,25);(H,6,7). The minimum atomic E-state index is -5.08. The summed E-state index contributed by atoms with van der Waals surface area (Å²) in [6, 6.07) is 16.2. The van der Waals surface area contributed by atoms with Gasteiger partial charge in [-0.1, -0.05) is 6.07 Å². The van der Waals surface area contributed by atoms with Crippen LogP contribution in [0.15, 0.2) is 72.0 Å². The second-order valence-corrected chi connectivity index (χ2v) is 8.74. The lowest BCUT2D eigenvalue weighted by Gasteiger charge is -2.10. The number of carboxylic acids is 1. The van der Waals surface area contributed by atoms with E-state index in [0.717, 1.165) is 16.6 Å². The molecule has 35 heavy (non-hydrogen) atoms. The maximum Gasteiger partial charge on any atom is 0.490 e. The van der Waals surface area contributed by atoms with E-state index in [4.69, 9.17) is 9.90 Å². The molecule has 0 spiro atoms. The first-order valence-corrected chi connectivity index (χ1v) is 11.2. The molecule has 2 heterocycles.